The molecule has 1 heterocycles. The van der Waals surface area contributed by atoms with Crippen molar-refractivity contribution in [2.24, 2.45) is 12.0 Å². The number of imidazole rings is 1. The van der Waals surface area contributed by atoms with Crippen molar-refractivity contribution < 1.29 is 4.79 Å². The largest absolute Gasteiger partial charge is 0.349 e. The number of carbonyl (C=O) groups excluding carboxylic acids is 1. The zero-order chi connectivity index (χ0) is 15.7. The highest BCUT2D eigenvalue weighted by atomic mass is 16.1. The van der Waals surface area contributed by atoms with Crippen LogP contribution in [0.25, 0.3) is 11.3 Å². The normalized spacial score (nSPS) is 15.0. The highest BCUT2D eigenvalue weighted by Gasteiger charge is 2.23. The molecular weight excluding hydrogens is 276 g/mol. The van der Waals surface area contributed by atoms with Crippen LogP contribution >= 0.6 is 0 Å². The Morgan fingerprint density at radius 2 is 2.00 bits per heavy atom. The number of nitrogens with zero attached hydrogens (tertiary/aromatic N) is 3. The number of hydrogen-bond acceptors (Lipinski definition) is 3. The monoisotopic (exact) mass is 296 g/mol. The molecule has 5 nitrogen and oxygen atoms in total. The van der Waals surface area contributed by atoms with Crippen LogP contribution in [-0.4, -0.2) is 34.3 Å². The molecule has 0 radical (unpaired) electrons. The third-order valence-electron chi connectivity index (χ3n) is 4.00. The molecule has 1 aromatic heterocycles. The van der Waals surface area contributed by atoms with Crippen LogP contribution in [0.5, 0.6) is 0 Å². The topological polar surface area (TPSA) is 59.3 Å². The van der Waals surface area contributed by atoms with E-state index in [1.54, 1.807) is 7.05 Å². The molecule has 1 saturated carbocycles. The van der Waals surface area contributed by atoms with Gasteiger partial charge in [0.1, 0.15) is 0 Å². The van der Waals surface area contributed by atoms with E-state index >= 15 is 0 Å². The van der Waals surface area contributed by atoms with Crippen LogP contribution in [-0.2, 0) is 7.05 Å². The van der Waals surface area contributed by atoms with E-state index in [-0.39, 0.29) is 5.91 Å². The fraction of sp³-hybridized carbons (Fsp3) is 0.353. The Bertz CT molecular complexity index is 724. The molecular formula is C17H20N4O. The van der Waals surface area contributed by atoms with Gasteiger partial charge in [-0.3, -0.25) is 9.79 Å². The smallest absolute Gasteiger partial charge is 0.251 e. The van der Waals surface area contributed by atoms with Crippen molar-refractivity contribution in [1.29, 1.82) is 0 Å². The molecule has 0 unspecified atom stereocenters. The number of aliphatic imine (C=N–C) groups is 1. The van der Waals surface area contributed by atoms with Gasteiger partial charge in [-0.25, -0.2) is 4.98 Å². The van der Waals surface area contributed by atoms with Gasteiger partial charge in [-0.15, -0.1) is 0 Å². The van der Waals surface area contributed by atoms with Gasteiger partial charge in [0.05, 0.1) is 17.6 Å². The molecule has 0 aliphatic heterocycles. The molecule has 0 spiro atoms. The van der Waals surface area contributed by atoms with Crippen molar-refractivity contribution in [2.45, 2.75) is 25.8 Å². The van der Waals surface area contributed by atoms with E-state index < -0.39 is 0 Å². The molecule has 0 atom stereocenters. The van der Waals surface area contributed by atoms with Gasteiger partial charge in [0, 0.05) is 25.7 Å². The van der Waals surface area contributed by atoms with Gasteiger partial charge < -0.3 is 9.88 Å². The molecule has 1 N–H and O–H groups in total. The quantitative estimate of drug-likeness (QED) is 0.881. The van der Waals surface area contributed by atoms with E-state index in [2.05, 4.69) is 15.3 Å². The van der Waals surface area contributed by atoms with Crippen LogP contribution in [0.3, 0.4) is 0 Å². The van der Waals surface area contributed by atoms with Crippen molar-refractivity contribution in [1.82, 2.24) is 14.9 Å². The maximum Gasteiger partial charge on any atom is 0.251 e. The van der Waals surface area contributed by atoms with Gasteiger partial charge >= 0.3 is 0 Å². The molecule has 1 aliphatic carbocycles. The molecule has 0 bridgehead atoms. The summed E-state index contributed by atoms with van der Waals surface area (Å²) in [5.41, 5.74) is 3.64. The lowest BCUT2D eigenvalue weighted by Crippen LogP contribution is -2.25. The minimum atomic E-state index is 0.00806. The predicted molar refractivity (Wildman–Crippen MR) is 87.3 cm³/mol. The lowest BCUT2D eigenvalue weighted by Gasteiger charge is -2.07. The maximum atomic E-state index is 12.0. The fourth-order valence-corrected chi connectivity index (χ4v) is 2.40. The summed E-state index contributed by atoms with van der Waals surface area (Å²) in [7, 11) is 3.73. The first-order valence-electron chi connectivity index (χ1n) is 7.47. The van der Waals surface area contributed by atoms with Crippen LogP contribution in [0.2, 0.25) is 0 Å². The van der Waals surface area contributed by atoms with E-state index in [4.69, 9.17) is 0 Å². The molecule has 0 saturated heterocycles. The standard InChI is InChI=1S/C17H20N4O/c1-11(18-2)16-19-10-15(21(16)3)12-4-6-13(7-5-12)17(22)20-14-8-9-14/h4-7,10,14H,8-9H2,1-3H3,(H,20,22). The molecule has 1 fully saturated rings. The van der Waals surface area contributed by atoms with Gasteiger partial charge in [-0.1, -0.05) is 12.1 Å². The number of nitrogens with one attached hydrogen (secondary N) is 1. The van der Waals surface area contributed by atoms with Crippen molar-refractivity contribution >= 4 is 11.6 Å². The number of hydrogen-bond donors (Lipinski definition) is 1. The number of benzene rings is 1. The fourth-order valence-electron chi connectivity index (χ4n) is 2.40. The van der Waals surface area contributed by atoms with Crippen LogP contribution in [0, 0.1) is 0 Å². The predicted octanol–water partition coefficient (Wildman–Crippen LogP) is 2.42. The summed E-state index contributed by atoms with van der Waals surface area (Å²) < 4.78 is 2.02. The second-order valence-corrected chi connectivity index (χ2v) is 5.66. The first kappa shape index (κ1) is 14.5. The Hall–Kier alpha value is -2.43. The summed E-state index contributed by atoms with van der Waals surface area (Å²) in [5.74, 6) is 0.863. The Morgan fingerprint density at radius 3 is 2.59 bits per heavy atom. The summed E-state index contributed by atoms with van der Waals surface area (Å²) in [6.07, 6.45) is 4.03. The second-order valence-electron chi connectivity index (χ2n) is 5.66. The van der Waals surface area contributed by atoms with Gasteiger partial charge in [0.2, 0.25) is 0 Å². The molecule has 22 heavy (non-hydrogen) atoms. The summed E-state index contributed by atoms with van der Waals surface area (Å²) in [5, 5.41) is 3.00. The maximum absolute atomic E-state index is 12.0. The average molecular weight is 296 g/mol. The summed E-state index contributed by atoms with van der Waals surface area (Å²) >= 11 is 0. The van der Waals surface area contributed by atoms with Crippen molar-refractivity contribution in [3.8, 4) is 11.3 Å². The Balaban J connectivity index is 1.83. The molecule has 1 amide bonds. The molecule has 3 rings (SSSR count). The Morgan fingerprint density at radius 1 is 1.32 bits per heavy atom. The third-order valence-corrected chi connectivity index (χ3v) is 4.00. The third kappa shape index (κ3) is 2.79. The van der Waals surface area contributed by atoms with E-state index in [0.717, 1.165) is 35.6 Å². The van der Waals surface area contributed by atoms with E-state index in [1.807, 2.05) is 49.0 Å². The lowest BCUT2D eigenvalue weighted by molar-refractivity contribution is 0.0951. The second kappa shape index (κ2) is 5.75. The van der Waals surface area contributed by atoms with Crippen LogP contribution in [0.4, 0.5) is 0 Å². The first-order valence-corrected chi connectivity index (χ1v) is 7.47. The molecule has 1 aliphatic rings. The van der Waals surface area contributed by atoms with Crippen LogP contribution < -0.4 is 5.32 Å². The molecule has 114 valence electrons. The van der Waals surface area contributed by atoms with Crippen molar-refractivity contribution in [2.75, 3.05) is 7.05 Å². The van der Waals surface area contributed by atoms with Gasteiger partial charge in [0.15, 0.2) is 5.82 Å². The first-order chi connectivity index (χ1) is 10.6. The van der Waals surface area contributed by atoms with Crippen LogP contribution in [0.1, 0.15) is 35.9 Å². The summed E-state index contributed by atoms with van der Waals surface area (Å²) in [6.45, 7) is 1.94. The number of aromatic nitrogens is 2. The lowest BCUT2D eigenvalue weighted by atomic mass is 10.1. The molecule has 5 heteroatoms. The molecule has 2 aromatic rings. The van der Waals surface area contributed by atoms with E-state index in [9.17, 15) is 4.79 Å². The zero-order valence-corrected chi connectivity index (χ0v) is 13.1. The summed E-state index contributed by atoms with van der Waals surface area (Å²) in [6, 6.07) is 8.02. The summed E-state index contributed by atoms with van der Waals surface area (Å²) in [4.78, 5) is 20.6. The number of amides is 1. The zero-order valence-electron chi connectivity index (χ0n) is 13.1. The van der Waals surface area contributed by atoms with E-state index in [1.165, 1.54) is 0 Å². The highest BCUT2D eigenvalue weighted by molar-refractivity contribution is 5.96. The van der Waals surface area contributed by atoms with Crippen molar-refractivity contribution in [3.63, 3.8) is 0 Å². The number of carbonyl (C=O) groups is 1. The Kier molecular flexibility index (Phi) is 3.79. The SMILES string of the molecule is CN=C(C)c1ncc(-c2ccc(C(=O)NC3CC3)cc2)n1C. The van der Waals surface area contributed by atoms with E-state index in [0.29, 0.717) is 11.6 Å². The van der Waals surface area contributed by atoms with Gasteiger partial charge in [-0.05, 0) is 37.5 Å². The van der Waals surface area contributed by atoms with Gasteiger partial charge in [-0.2, -0.15) is 0 Å². The Labute approximate surface area is 130 Å². The molecule has 1 aromatic carbocycles. The average Bonchev–Trinajstić information content (AvgIpc) is 3.27. The van der Waals surface area contributed by atoms with Crippen molar-refractivity contribution in [3.05, 3.63) is 41.9 Å². The highest BCUT2D eigenvalue weighted by Crippen LogP contribution is 2.22. The minimum Gasteiger partial charge on any atom is -0.349 e. The number of rotatable bonds is 4. The van der Waals surface area contributed by atoms with Crippen LogP contribution in [0.15, 0.2) is 35.5 Å². The minimum absolute atomic E-state index is 0.00806. The van der Waals surface area contributed by atoms with Gasteiger partial charge in [0.25, 0.3) is 5.91 Å².